The van der Waals surface area contributed by atoms with E-state index in [0.717, 1.165) is 40.9 Å². The highest BCUT2D eigenvalue weighted by Gasteiger charge is 2.59. The van der Waals surface area contributed by atoms with Gasteiger partial charge in [-0.3, -0.25) is 0 Å². The predicted octanol–water partition coefficient (Wildman–Crippen LogP) is 12.1. The summed E-state index contributed by atoms with van der Waals surface area (Å²) >= 11 is 0. The highest BCUT2D eigenvalue weighted by atomic mass is 14.6. The molecular formula is C35H68. The number of hydrogen-bond donors (Lipinski definition) is 0. The van der Waals surface area contributed by atoms with Gasteiger partial charge < -0.3 is 0 Å². The van der Waals surface area contributed by atoms with E-state index in [0.29, 0.717) is 10.8 Å². The monoisotopic (exact) mass is 489 g/mol. The SMILES string of the molecule is C.CC.CC.CC1(C)CCC(CCCC2CCC3C4CCC5CCCCC5(C)C4CCC23C)CC1. The van der Waals surface area contributed by atoms with E-state index in [4.69, 9.17) is 0 Å². The van der Waals surface area contributed by atoms with Gasteiger partial charge in [0.2, 0.25) is 0 Å². The van der Waals surface area contributed by atoms with Gasteiger partial charge in [-0.15, -0.1) is 0 Å². The fraction of sp³-hybridized carbons (Fsp3) is 1.00. The van der Waals surface area contributed by atoms with Gasteiger partial charge in [-0.1, -0.05) is 88.5 Å². The van der Waals surface area contributed by atoms with Crippen LogP contribution in [0.15, 0.2) is 0 Å². The van der Waals surface area contributed by atoms with E-state index >= 15 is 0 Å². The summed E-state index contributed by atoms with van der Waals surface area (Å²) in [6, 6.07) is 0. The molecule has 0 bridgehead atoms. The van der Waals surface area contributed by atoms with Crippen LogP contribution in [0.3, 0.4) is 0 Å². The van der Waals surface area contributed by atoms with Gasteiger partial charge in [0.05, 0.1) is 0 Å². The Labute approximate surface area is 223 Å². The minimum absolute atomic E-state index is 0. The normalized spacial score (nSPS) is 42.0. The van der Waals surface area contributed by atoms with Crippen LogP contribution in [0.25, 0.3) is 0 Å². The van der Waals surface area contributed by atoms with Crippen molar-refractivity contribution in [3.05, 3.63) is 0 Å². The highest BCUT2D eigenvalue weighted by molar-refractivity contribution is 5.08. The molecule has 0 amide bonds. The zero-order valence-electron chi connectivity index (χ0n) is 25.0. The van der Waals surface area contributed by atoms with Crippen molar-refractivity contribution < 1.29 is 0 Å². The molecule has 7 unspecified atom stereocenters. The molecule has 7 atom stereocenters. The van der Waals surface area contributed by atoms with E-state index in [2.05, 4.69) is 27.7 Å². The van der Waals surface area contributed by atoms with Crippen molar-refractivity contribution in [3.8, 4) is 0 Å². The van der Waals surface area contributed by atoms with Crippen molar-refractivity contribution in [2.24, 2.45) is 51.8 Å². The average molecular weight is 489 g/mol. The maximum atomic E-state index is 2.77. The van der Waals surface area contributed by atoms with E-state index in [-0.39, 0.29) is 7.43 Å². The summed E-state index contributed by atoms with van der Waals surface area (Å²) in [4.78, 5) is 0. The van der Waals surface area contributed by atoms with Crippen LogP contribution in [-0.2, 0) is 0 Å². The molecule has 0 spiro atoms. The Morgan fingerprint density at radius 3 is 1.91 bits per heavy atom. The quantitative estimate of drug-likeness (QED) is 0.369. The molecule has 0 radical (unpaired) electrons. The molecule has 0 aliphatic heterocycles. The zero-order valence-corrected chi connectivity index (χ0v) is 25.0. The van der Waals surface area contributed by atoms with Crippen molar-refractivity contribution >= 4 is 0 Å². The minimum atomic E-state index is 0. The third kappa shape index (κ3) is 6.36. The molecule has 5 rings (SSSR count). The van der Waals surface area contributed by atoms with E-state index in [9.17, 15) is 0 Å². The molecule has 5 aliphatic carbocycles. The van der Waals surface area contributed by atoms with Crippen LogP contribution in [0.2, 0.25) is 0 Å². The van der Waals surface area contributed by atoms with Crippen LogP contribution in [0.5, 0.6) is 0 Å². The Balaban J connectivity index is 0.000000823. The third-order valence-electron chi connectivity index (χ3n) is 12.4. The molecule has 0 saturated heterocycles. The molecule has 0 heteroatoms. The lowest BCUT2D eigenvalue weighted by Crippen LogP contribution is -2.52. The lowest BCUT2D eigenvalue weighted by Gasteiger charge is -2.60. The van der Waals surface area contributed by atoms with E-state index in [1.54, 1.807) is 64.2 Å². The maximum Gasteiger partial charge on any atom is -0.0266 e. The van der Waals surface area contributed by atoms with Crippen LogP contribution >= 0.6 is 0 Å². The summed E-state index contributed by atoms with van der Waals surface area (Å²) in [5.41, 5.74) is 2.05. The van der Waals surface area contributed by atoms with Crippen molar-refractivity contribution in [3.63, 3.8) is 0 Å². The third-order valence-corrected chi connectivity index (χ3v) is 12.4. The largest absolute Gasteiger partial charge is 0.0776 e. The first-order valence-corrected chi connectivity index (χ1v) is 16.3. The van der Waals surface area contributed by atoms with Crippen molar-refractivity contribution in [2.75, 3.05) is 0 Å². The van der Waals surface area contributed by atoms with Gasteiger partial charge >= 0.3 is 0 Å². The molecule has 0 aromatic rings. The van der Waals surface area contributed by atoms with Gasteiger partial charge in [-0.2, -0.15) is 0 Å². The van der Waals surface area contributed by atoms with Crippen LogP contribution in [0.1, 0.15) is 172 Å². The van der Waals surface area contributed by atoms with Crippen molar-refractivity contribution in [1.82, 2.24) is 0 Å². The number of hydrogen-bond acceptors (Lipinski definition) is 0. The highest BCUT2D eigenvalue weighted by Crippen LogP contribution is 2.68. The molecule has 0 heterocycles. The van der Waals surface area contributed by atoms with E-state index < -0.39 is 0 Å². The summed E-state index contributed by atoms with van der Waals surface area (Å²) in [6.45, 7) is 18.5. The Hall–Kier alpha value is 0. The van der Waals surface area contributed by atoms with Gasteiger partial charge in [-0.05, 0) is 135 Å². The smallest absolute Gasteiger partial charge is 0.0266 e. The van der Waals surface area contributed by atoms with Crippen LogP contribution in [0, 0.1) is 51.8 Å². The maximum absolute atomic E-state index is 2.77. The topological polar surface area (TPSA) is 0 Å². The first kappa shape index (κ1) is 31.2. The van der Waals surface area contributed by atoms with Gasteiger partial charge in [0.15, 0.2) is 0 Å². The number of fused-ring (bicyclic) bond motifs is 5. The summed E-state index contributed by atoms with van der Waals surface area (Å²) < 4.78 is 0. The molecule has 5 fully saturated rings. The summed E-state index contributed by atoms with van der Waals surface area (Å²) in [5, 5.41) is 0. The van der Waals surface area contributed by atoms with Gasteiger partial charge in [0.25, 0.3) is 0 Å². The molecule has 5 saturated carbocycles. The van der Waals surface area contributed by atoms with Gasteiger partial charge in [0.1, 0.15) is 0 Å². The average Bonchev–Trinajstić information content (AvgIpc) is 3.18. The second-order valence-corrected chi connectivity index (χ2v) is 14.3. The second kappa shape index (κ2) is 13.2. The fourth-order valence-electron chi connectivity index (χ4n) is 10.3. The summed E-state index contributed by atoms with van der Waals surface area (Å²) in [6.07, 6.45) is 26.3. The lowest BCUT2D eigenvalue weighted by molar-refractivity contribution is -0.111. The van der Waals surface area contributed by atoms with E-state index in [1.165, 1.54) is 44.9 Å². The van der Waals surface area contributed by atoms with Crippen molar-refractivity contribution in [1.29, 1.82) is 0 Å². The molecule has 35 heavy (non-hydrogen) atoms. The van der Waals surface area contributed by atoms with Gasteiger partial charge in [-0.25, -0.2) is 0 Å². The van der Waals surface area contributed by atoms with Gasteiger partial charge in [0, 0.05) is 0 Å². The standard InChI is InChI=1S/C30H52.2C2H6.CH4/c1-28(2)19-15-22(16-20-28)8-7-10-24-12-14-26-25-13-11-23-9-5-6-18-29(23,3)27(25)17-21-30(24,26)4;2*1-2;/h22-27H,5-21H2,1-4H3;2*1-2H3;1H4. The molecule has 0 aromatic heterocycles. The first-order valence-electron chi connectivity index (χ1n) is 16.3. The summed E-state index contributed by atoms with van der Waals surface area (Å²) in [7, 11) is 0. The minimum Gasteiger partial charge on any atom is -0.0776 e. The molecule has 5 aliphatic rings. The fourth-order valence-corrected chi connectivity index (χ4v) is 10.3. The Morgan fingerprint density at radius 2 is 1.23 bits per heavy atom. The second-order valence-electron chi connectivity index (χ2n) is 14.3. The summed E-state index contributed by atoms with van der Waals surface area (Å²) in [5.74, 6) is 6.44. The van der Waals surface area contributed by atoms with Crippen LogP contribution in [0.4, 0.5) is 0 Å². The first-order chi connectivity index (χ1) is 16.3. The zero-order chi connectivity index (χ0) is 25.0. The molecule has 208 valence electrons. The van der Waals surface area contributed by atoms with Crippen LogP contribution < -0.4 is 0 Å². The Morgan fingerprint density at radius 1 is 0.571 bits per heavy atom. The molecular weight excluding hydrogens is 420 g/mol. The molecule has 0 aromatic carbocycles. The molecule has 0 N–H and O–H groups in total. The number of rotatable bonds is 4. The van der Waals surface area contributed by atoms with Crippen LogP contribution in [-0.4, -0.2) is 0 Å². The predicted molar refractivity (Wildman–Crippen MR) is 159 cm³/mol. The molecule has 0 nitrogen and oxygen atoms in total. The Bertz CT molecular complexity index is 593. The van der Waals surface area contributed by atoms with Crippen molar-refractivity contribution in [2.45, 2.75) is 172 Å². The van der Waals surface area contributed by atoms with E-state index in [1.807, 2.05) is 27.7 Å². The Kier molecular flexibility index (Phi) is 11.8. The lowest BCUT2D eigenvalue weighted by atomic mass is 9.45.